The molecule has 0 aromatic carbocycles. The van der Waals surface area contributed by atoms with Crippen LogP contribution in [0.5, 0.6) is 0 Å². The maximum absolute atomic E-state index is 13.4. The molecule has 36 heteroatoms. The topological polar surface area (TPSA) is 518 Å². The van der Waals surface area contributed by atoms with Crippen LogP contribution in [0.15, 0.2) is 9.98 Å². The highest BCUT2D eigenvalue weighted by Crippen LogP contribution is 2.34. The maximum Gasteiger partial charge on any atom is 0.431 e. The molecule has 34 nitrogen and oxygen atoms in total. The van der Waals surface area contributed by atoms with Crippen molar-refractivity contribution >= 4 is 56.2 Å². The zero-order valence-electron chi connectivity index (χ0n) is 43.1. The van der Waals surface area contributed by atoms with Crippen LogP contribution in [0.3, 0.4) is 0 Å². The Morgan fingerprint density at radius 3 is 1.66 bits per heavy atom. The van der Waals surface area contributed by atoms with Crippen molar-refractivity contribution < 1.29 is 113 Å². The molecule has 12 atom stereocenters. The summed E-state index contributed by atoms with van der Waals surface area (Å²) in [6.07, 6.45) is -13.5. The first-order valence-electron chi connectivity index (χ1n) is 24.3. The number of alkyl carbamates (subject to hydrolysis) is 1. The average Bonchev–Trinajstić information content (AvgIpc) is 3.35. The number of rotatable bonds is 37. The number of aliphatic hydroxyl groups excluding tert-OH is 4. The number of amides is 4. The van der Waals surface area contributed by atoms with Gasteiger partial charge in [-0.3, -0.25) is 23.5 Å². The van der Waals surface area contributed by atoms with Crippen LogP contribution >= 0.6 is 0 Å². The molecular formula is C41H78N10O24S2. The van der Waals surface area contributed by atoms with Crippen molar-refractivity contribution in [3.8, 4) is 0 Å². The normalized spacial score (nSPS) is 23.3. The van der Waals surface area contributed by atoms with Crippen molar-refractivity contribution in [3.05, 3.63) is 0 Å². The van der Waals surface area contributed by atoms with Crippen molar-refractivity contribution in [1.82, 2.24) is 21.0 Å². The summed E-state index contributed by atoms with van der Waals surface area (Å²) in [5.74, 6) is -2.98. The number of nitrogens with one attached hydrogen (secondary N) is 3. The number of hydroxylamine groups is 1. The van der Waals surface area contributed by atoms with E-state index in [0.717, 1.165) is 13.3 Å². The minimum absolute atomic E-state index is 0.0376. The van der Waals surface area contributed by atoms with E-state index in [9.17, 15) is 65.5 Å². The summed E-state index contributed by atoms with van der Waals surface area (Å²) < 4.78 is 117. The van der Waals surface area contributed by atoms with E-state index in [1.165, 1.54) is 11.8 Å². The molecule has 17 N–H and O–H groups in total. The van der Waals surface area contributed by atoms with Gasteiger partial charge >= 0.3 is 12.2 Å². The average molecular weight is 1160 g/mol. The molecule has 2 aliphatic heterocycles. The summed E-state index contributed by atoms with van der Waals surface area (Å²) in [6, 6.07) is -3.71. The van der Waals surface area contributed by atoms with E-state index in [1.54, 1.807) is 0 Å². The predicted molar refractivity (Wildman–Crippen MR) is 265 cm³/mol. The monoisotopic (exact) mass is 1160 g/mol. The molecule has 0 unspecified atom stereocenters. The molecule has 0 radical (unpaired) electrons. The Bertz CT molecular complexity index is 2060. The van der Waals surface area contributed by atoms with Gasteiger partial charge < -0.3 is 102 Å². The number of hydrogen-bond acceptors (Lipinski definition) is 24. The molecular weight excluding hydrogens is 1080 g/mol. The van der Waals surface area contributed by atoms with Crippen LogP contribution in [-0.4, -0.2) is 258 Å². The van der Waals surface area contributed by atoms with E-state index < -0.39 is 154 Å². The van der Waals surface area contributed by atoms with Gasteiger partial charge in [-0.2, -0.15) is 22.3 Å². The number of guanidine groups is 2. The molecule has 448 valence electrons. The fourth-order valence-corrected chi connectivity index (χ4v) is 9.03. The summed E-state index contributed by atoms with van der Waals surface area (Å²) in [5.41, 5.74) is 20.0. The number of nitrogens with zero attached hydrogens (tertiary/aromatic N) is 3. The second-order valence-corrected chi connectivity index (χ2v) is 20.3. The zero-order valence-corrected chi connectivity index (χ0v) is 44.7. The van der Waals surface area contributed by atoms with Crippen molar-refractivity contribution in [2.45, 2.75) is 112 Å². The summed E-state index contributed by atoms with van der Waals surface area (Å²) in [6.45, 7) is 3.73. The van der Waals surface area contributed by atoms with E-state index in [-0.39, 0.29) is 65.5 Å². The van der Waals surface area contributed by atoms with Gasteiger partial charge in [0.1, 0.15) is 24.4 Å². The van der Waals surface area contributed by atoms with Gasteiger partial charge in [0.05, 0.1) is 104 Å². The van der Waals surface area contributed by atoms with Crippen LogP contribution in [-0.2, 0) is 77.3 Å². The Hall–Kier alpha value is -4.64. The minimum Gasteiger partial charge on any atom is -0.441 e. The van der Waals surface area contributed by atoms with Gasteiger partial charge in [0.2, 0.25) is 11.8 Å². The van der Waals surface area contributed by atoms with Crippen LogP contribution in [0.4, 0.5) is 9.59 Å². The molecule has 0 aromatic rings. The molecule has 77 heavy (non-hydrogen) atoms. The number of nitrogens with two attached hydrogens (primary N) is 4. The van der Waals surface area contributed by atoms with Gasteiger partial charge in [-0.15, -0.1) is 0 Å². The van der Waals surface area contributed by atoms with Crippen LogP contribution in [0.1, 0.15) is 46.5 Å². The largest absolute Gasteiger partial charge is 0.441 e. The summed E-state index contributed by atoms with van der Waals surface area (Å²) in [4.78, 5) is 65.9. The standard InChI is InChI=1S/C41H78N10O24S2/c1-4-9-66-14-16-69-18-19-70-17-15-67-10-5-30(57)51(7-12-68-11-6-46-40(58)74-35(28(55)22-52)34-24(2)26(48-38(42)43)20-31(72-34)76(60,61)62)8-13-71-50-41(59)75-36(29(56)23-53)37-33(47-25(3)54)27(49-39(44)45)21-32(73-37)77(63,64)65/h24,26-29,31-37,52-53,55-56H,4-23H2,1-3H3,(H,46,58)(H,47,54)(H,50,59)(H4,42,43,48)(H4,44,45,49)(H,60,61,62)(H,63,64,65)/t24-,26+,27+,28-,29-,31-,32+,33-,34-,35-,36-,37-/m1/s1. The number of ether oxygens (including phenoxy) is 9. The van der Waals surface area contributed by atoms with Crippen molar-refractivity contribution in [3.63, 3.8) is 0 Å². The number of aliphatic imine (C=N–C) groups is 2. The first-order chi connectivity index (χ1) is 36.3. The van der Waals surface area contributed by atoms with Crippen LogP contribution in [0.2, 0.25) is 0 Å². The molecule has 2 fully saturated rings. The Labute approximate surface area is 445 Å². The lowest BCUT2D eigenvalue weighted by molar-refractivity contribution is -0.151. The highest BCUT2D eigenvalue weighted by Gasteiger charge is 2.51. The third kappa shape index (κ3) is 26.2. The molecule has 0 spiro atoms. The zero-order chi connectivity index (χ0) is 57.7. The highest BCUT2D eigenvalue weighted by molar-refractivity contribution is 7.86. The van der Waals surface area contributed by atoms with Gasteiger partial charge in [0, 0.05) is 51.9 Å². The lowest BCUT2D eigenvalue weighted by Crippen LogP contribution is -2.64. The Morgan fingerprint density at radius 1 is 0.675 bits per heavy atom. The number of aliphatic hydroxyl groups is 4. The van der Waals surface area contributed by atoms with Gasteiger partial charge in [0.15, 0.2) is 35.0 Å². The number of carbonyl (C=O) groups excluding carboxylic acids is 4. The second kappa shape index (κ2) is 35.8. The predicted octanol–water partition coefficient (Wildman–Crippen LogP) is -6.04. The fourth-order valence-electron chi connectivity index (χ4n) is 7.61. The molecule has 0 aromatic heterocycles. The fraction of sp³-hybridized carbons (Fsp3) is 0.854. The molecule has 0 saturated carbocycles. The summed E-state index contributed by atoms with van der Waals surface area (Å²) in [7, 11) is -9.85. The molecule has 0 aliphatic carbocycles. The molecule has 2 heterocycles. The van der Waals surface area contributed by atoms with Gasteiger partial charge in [-0.05, 0) is 6.42 Å². The molecule has 2 rings (SSSR count). The van der Waals surface area contributed by atoms with Crippen molar-refractivity contribution in [2.24, 2.45) is 38.8 Å². The van der Waals surface area contributed by atoms with Gasteiger partial charge in [0.25, 0.3) is 20.2 Å². The SMILES string of the molecule is CCCOCCOCCOCCOCCC(=O)N(CCOCCNC(=O)O[C@@H]([C@@H]1O[C@H](S(=O)(=O)O)C[C@H](N=C(N)N)[C@H]1C)[C@H](O)CO)CCONC(=O)O[C@@H]([C@@H]1O[C@@H](S(=O)(=O)O)C[C@H](N=C(N)N)[C@H]1NC(C)=O)[C@H](O)CO. The Balaban J connectivity index is 2.08. The third-order valence-corrected chi connectivity index (χ3v) is 13.2. The van der Waals surface area contributed by atoms with Crippen molar-refractivity contribution in [2.75, 3.05) is 106 Å². The van der Waals surface area contributed by atoms with E-state index in [4.69, 9.17) is 70.4 Å². The molecule has 0 bridgehead atoms. The molecule has 4 amide bonds. The van der Waals surface area contributed by atoms with Crippen LogP contribution in [0.25, 0.3) is 0 Å². The quantitative estimate of drug-likeness (QED) is 0.00905. The lowest BCUT2D eigenvalue weighted by atomic mass is 9.86. The summed E-state index contributed by atoms with van der Waals surface area (Å²) in [5, 5.41) is 45.7. The minimum atomic E-state index is -5.00. The first kappa shape index (κ1) is 68.5. The number of carbonyl (C=O) groups is 4. The van der Waals surface area contributed by atoms with Gasteiger partial charge in [-0.1, -0.05) is 13.8 Å². The first-order valence-corrected chi connectivity index (χ1v) is 27.3. The van der Waals surface area contributed by atoms with Crippen LogP contribution < -0.4 is 39.0 Å². The van der Waals surface area contributed by atoms with E-state index in [2.05, 4.69) is 20.6 Å². The number of hydrogen-bond donors (Lipinski definition) is 13. The summed E-state index contributed by atoms with van der Waals surface area (Å²) >= 11 is 0. The van der Waals surface area contributed by atoms with Crippen molar-refractivity contribution in [1.29, 1.82) is 0 Å². The van der Waals surface area contributed by atoms with E-state index in [1.807, 2.05) is 12.4 Å². The third-order valence-electron chi connectivity index (χ3n) is 11.2. The van der Waals surface area contributed by atoms with E-state index >= 15 is 0 Å². The highest BCUT2D eigenvalue weighted by atomic mass is 32.2. The molecule has 2 saturated heterocycles. The maximum atomic E-state index is 13.4. The van der Waals surface area contributed by atoms with E-state index in [0.29, 0.717) is 33.0 Å². The Morgan fingerprint density at radius 2 is 1.14 bits per heavy atom. The molecule has 2 aliphatic rings. The second-order valence-electron chi connectivity index (χ2n) is 17.2. The smallest absolute Gasteiger partial charge is 0.431 e. The van der Waals surface area contributed by atoms with Crippen LogP contribution in [0, 0.1) is 5.92 Å². The van der Waals surface area contributed by atoms with Gasteiger partial charge in [-0.25, -0.2) is 19.6 Å². The lowest BCUT2D eigenvalue weighted by Gasteiger charge is -2.43. The Kier molecular flexibility index (Phi) is 31.8.